The van der Waals surface area contributed by atoms with Gasteiger partial charge in [-0.2, -0.15) is 0 Å². The van der Waals surface area contributed by atoms with Gasteiger partial charge in [0.1, 0.15) is 23.2 Å². The SMILES string of the molecule is COc1ccc(CNC(=O)[C@@H](CC(C)C)NC(=O)[C@@H]2N3C(=O)c4ccccc4C3SC2(C)C)cc1. The topological polar surface area (TPSA) is 87.7 Å². The number of rotatable bonds is 8. The number of nitrogens with one attached hydrogen (secondary N) is 2. The number of nitrogens with zero attached hydrogens (tertiary/aromatic N) is 1. The molecule has 1 saturated heterocycles. The van der Waals surface area contributed by atoms with Crippen LogP contribution in [0.5, 0.6) is 5.75 Å². The molecule has 0 saturated carbocycles. The maximum Gasteiger partial charge on any atom is 0.256 e. The van der Waals surface area contributed by atoms with E-state index in [1.807, 2.05) is 76.2 Å². The second kappa shape index (κ2) is 9.93. The summed E-state index contributed by atoms with van der Waals surface area (Å²) in [6, 6.07) is 13.6. The summed E-state index contributed by atoms with van der Waals surface area (Å²) in [6.45, 7) is 8.35. The molecule has 2 aromatic carbocycles. The first kappa shape index (κ1) is 25.1. The quantitative estimate of drug-likeness (QED) is 0.580. The van der Waals surface area contributed by atoms with Crippen molar-refractivity contribution in [2.24, 2.45) is 5.92 Å². The van der Waals surface area contributed by atoms with Gasteiger partial charge in [-0.1, -0.05) is 44.2 Å². The van der Waals surface area contributed by atoms with E-state index in [1.54, 1.807) is 23.8 Å². The maximum atomic E-state index is 13.6. The Kier molecular flexibility index (Phi) is 7.12. The lowest BCUT2D eigenvalue weighted by Crippen LogP contribution is -2.57. The lowest BCUT2D eigenvalue weighted by atomic mass is 9.98. The average molecular weight is 496 g/mol. The normalized spacial score (nSPS) is 20.9. The Hall–Kier alpha value is -3.00. The molecule has 3 atom stereocenters. The molecule has 0 spiro atoms. The van der Waals surface area contributed by atoms with Gasteiger partial charge in [-0.25, -0.2) is 0 Å². The fourth-order valence-electron chi connectivity index (χ4n) is 4.81. The number of thioether (sulfide) groups is 1. The largest absolute Gasteiger partial charge is 0.497 e. The summed E-state index contributed by atoms with van der Waals surface area (Å²) in [7, 11) is 1.61. The Bertz CT molecular complexity index is 1120. The molecule has 8 heteroatoms. The number of hydrogen-bond acceptors (Lipinski definition) is 5. The van der Waals surface area contributed by atoms with Gasteiger partial charge in [0.2, 0.25) is 11.8 Å². The molecule has 0 radical (unpaired) electrons. The summed E-state index contributed by atoms with van der Waals surface area (Å²) in [6.07, 6.45) is 0.498. The smallest absolute Gasteiger partial charge is 0.256 e. The summed E-state index contributed by atoms with van der Waals surface area (Å²) in [5.41, 5.74) is 2.53. The molecule has 2 aromatic rings. The second-order valence-electron chi connectivity index (χ2n) is 10.0. The minimum atomic E-state index is -0.694. The van der Waals surface area contributed by atoms with E-state index in [0.717, 1.165) is 16.9 Å². The second-order valence-corrected chi connectivity index (χ2v) is 11.8. The highest BCUT2D eigenvalue weighted by Crippen LogP contribution is 2.56. The zero-order valence-electron chi connectivity index (χ0n) is 20.8. The van der Waals surface area contributed by atoms with Crippen molar-refractivity contribution >= 4 is 29.5 Å². The van der Waals surface area contributed by atoms with E-state index in [2.05, 4.69) is 10.6 Å². The molecule has 35 heavy (non-hydrogen) atoms. The van der Waals surface area contributed by atoms with Crippen LogP contribution in [-0.4, -0.2) is 46.6 Å². The van der Waals surface area contributed by atoms with Crippen molar-refractivity contribution in [3.63, 3.8) is 0 Å². The summed E-state index contributed by atoms with van der Waals surface area (Å²) >= 11 is 1.61. The highest BCUT2D eigenvalue weighted by Gasteiger charge is 2.57. The third-order valence-electron chi connectivity index (χ3n) is 6.51. The van der Waals surface area contributed by atoms with Crippen LogP contribution in [-0.2, 0) is 16.1 Å². The molecular weight excluding hydrogens is 462 g/mol. The van der Waals surface area contributed by atoms with Crippen LogP contribution in [0, 0.1) is 5.92 Å². The van der Waals surface area contributed by atoms with Crippen molar-refractivity contribution < 1.29 is 19.1 Å². The summed E-state index contributed by atoms with van der Waals surface area (Å²) < 4.78 is 4.68. The van der Waals surface area contributed by atoms with Crippen LogP contribution in [0.2, 0.25) is 0 Å². The highest BCUT2D eigenvalue weighted by molar-refractivity contribution is 8.01. The molecule has 4 rings (SSSR count). The predicted octanol–water partition coefficient (Wildman–Crippen LogP) is 3.89. The Morgan fingerprint density at radius 3 is 2.46 bits per heavy atom. The van der Waals surface area contributed by atoms with Crippen molar-refractivity contribution in [2.75, 3.05) is 7.11 Å². The van der Waals surface area contributed by atoms with Crippen LogP contribution in [0.3, 0.4) is 0 Å². The highest BCUT2D eigenvalue weighted by atomic mass is 32.2. The van der Waals surface area contributed by atoms with E-state index in [-0.39, 0.29) is 29.0 Å². The molecule has 0 aromatic heterocycles. The fraction of sp³-hybridized carbons (Fsp3) is 0.444. The van der Waals surface area contributed by atoms with Crippen LogP contribution >= 0.6 is 11.8 Å². The van der Waals surface area contributed by atoms with Crippen LogP contribution < -0.4 is 15.4 Å². The van der Waals surface area contributed by atoms with Gasteiger partial charge in [0.15, 0.2) is 0 Å². The van der Waals surface area contributed by atoms with Crippen LogP contribution in [0.25, 0.3) is 0 Å². The monoisotopic (exact) mass is 495 g/mol. The van der Waals surface area contributed by atoms with Crippen molar-refractivity contribution in [1.29, 1.82) is 0 Å². The Balaban J connectivity index is 1.48. The Morgan fingerprint density at radius 2 is 1.80 bits per heavy atom. The molecule has 3 amide bonds. The lowest BCUT2D eigenvalue weighted by molar-refractivity contribution is -0.132. The number of hydrogen-bond donors (Lipinski definition) is 2. The molecule has 1 fully saturated rings. The first-order valence-electron chi connectivity index (χ1n) is 11.9. The first-order valence-corrected chi connectivity index (χ1v) is 12.8. The van der Waals surface area contributed by atoms with Gasteiger partial charge in [-0.15, -0.1) is 11.8 Å². The lowest BCUT2D eigenvalue weighted by Gasteiger charge is -2.31. The van der Waals surface area contributed by atoms with Crippen molar-refractivity contribution in [3.05, 3.63) is 65.2 Å². The maximum absolute atomic E-state index is 13.6. The van der Waals surface area contributed by atoms with Crippen molar-refractivity contribution in [2.45, 2.75) is 62.9 Å². The number of ether oxygens (including phenoxy) is 1. The van der Waals surface area contributed by atoms with Crippen molar-refractivity contribution in [1.82, 2.24) is 15.5 Å². The Morgan fingerprint density at radius 1 is 1.11 bits per heavy atom. The average Bonchev–Trinajstić information content (AvgIpc) is 3.26. The fourth-order valence-corrected chi connectivity index (χ4v) is 6.40. The number of methoxy groups -OCH3 is 1. The minimum Gasteiger partial charge on any atom is -0.497 e. The van der Waals surface area contributed by atoms with Crippen LogP contribution in [0.15, 0.2) is 48.5 Å². The summed E-state index contributed by atoms with van der Waals surface area (Å²) in [4.78, 5) is 41.7. The third kappa shape index (κ3) is 5.03. The van der Waals surface area contributed by atoms with Crippen LogP contribution in [0.1, 0.15) is 61.0 Å². The van der Waals surface area contributed by atoms with E-state index < -0.39 is 16.8 Å². The van der Waals surface area contributed by atoms with Crippen LogP contribution in [0.4, 0.5) is 0 Å². The van der Waals surface area contributed by atoms with Gasteiger partial charge < -0.3 is 20.3 Å². The molecule has 2 heterocycles. The molecular formula is C27H33N3O4S. The third-order valence-corrected chi connectivity index (χ3v) is 8.05. The predicted molar refractivity (Wildman–Crippen MR) is 137 cm³/mol. The first-order chi connectivity index (χ1) is 16.6. The van der Waals surface area contributed by atoms with Gasteiger partial charge >= 0.3 is 0 Å². The number of carbonyl (C=O) groups is 3. The summed E-state index contributed by atoms with van der Waals surface area (Å²) in [5, 5.41) is 5.73. The molecule has 2 N–H and O–H groups in total. The van der Waals surface area contributed by atoms with Gasteiger partial charge in [0, 0.05) is 16.9 Å². The molecule has 1 unspecified atom stereocenters. The zero-order chi connectivity index (χ0) is 25.3. The molecule has 2 aliphatic heterocycles. The number of carbonyl (C=O) groups excluding carboxylic acids is 3. The number of amides is 3. The van der Waals surface area contributed by atoms with Gasteiger partial charge in [0.05, 0.1) is 7.11 Å². The van der Waals surface area contributed by atoms with Crippen molar-refractivity contribution in [3.8, 4) is 5.75 Å². The molecule has 0 bridgehead atoms. The van der Waals surface area contributed by atoms with Gasteiger partial charge in [-0.05, 0) is 55.5 Å². The molecule has 0 aliphatic carbocycles. The zero-order valence-corrected chi connectivity index (χ0v) is 21.6. The molecule has 186 valence electrons. The standard InChI is InChI=1S/C27H33N3O4S/c1-16(2)14-21(23(31)28-15-17-10-12-18(34-5)13-11-17)29-24(32)22-27(3,4)35-26-20-9-7-6-8-19(20)25(33)30(22)26/h6-13,16,21-22,26H,14-15H2,1-5H3,(H,28,31)(H,29,32)/t21-,22+,26?/m1/s1. The van der Waals surface area contributed by atoms with E-state index in [9.17, 15) is 14.4 Å². The van der Waals surface area contributed by atoms with E-state index >= 15 is 0 Å². The number of benzene rings is 2. The molecule has 7 nitrogen and oxygen atoms in total. The van der Waals surface area contributed by atoms with E-state index in [1.165, 1.54) is 0 Å². The van der Waals surface area contributed by atoms with E-state index in [4.69, 9.17) is 4.74 Å². The van der Waals surface area contributed by atoms with E-state index in [0.29, 0.717) is 18.5 Å². The molecule has 2 aliphatic rings. The minimum absolute atomic E-state index is 0.131. The summed E-state index contributed by atoms with van der Waals surface area (Å²) in [5.74, 6) is 0.283. The van der Waals surface area contributed by atoms with Gasteiger partial charge in [0.25, 0.3) is 5.91 Å². The van der Waals surface area contributed by atoms with Gasteiger partial charge in [-0.3, -0.25) is 14.4 Å². The Labute approximate surface area is 211 Å². The number of fused-ring (bicyclic) bond motifs is 3.